The summed E-state index contributed by atoms with van der Waals surface area (Å²) in [6.45, 7) is 6.41. The third-order valence-corrected chi connectivity index (χ3v) is 6.62. The van der Waals surface area contributed by atoms with E-state index in [1.807, 2.05) is 26.0 Å². The molecular weight excluding hydrogens is 492 g/mol. The van der Waals surface area contributed by atoms with Crippen molar-refractivity contribution >= 4 is 5.97 Å². The van der Waals surface area contributed by atoms with Gasteiger partial charge >= 0.3 is 5.97 Å². The van der Waals surface area contributed by atoms with Gasteiger partial charge in [-0.3, -0.25) is 4.90 Å². The number of carbonyl (C=O) groups is 1. The number of carboxylic acids is 1. The molecule has 4 rings (SSSR count). The lowest BCUT2D eigenvalue weighted by Gasteiger charge is -2.36. The molecule has 0 saturated carbocycles. The van der Waals surface area contributed by atoms with E-state index in [4.69, 9.17) is 19.3 Å². The van der Waals surface area contributed by atoms with Crippen LogP contribution in [-0.4, -0.2) is 54.6 Å². The van der Waals surface area contributed by atoms with Gasteiger partial charge in [-0.1, -0.05) is 12.1 Å². The molecule has 3 aromatic carbocycles. The third kappa shape index (κ3) is 6.81. The molecule has 1 heterocycles. The topological polar surface area (TPSA) is 68.2 Å². The summed E-state index contributed by atoms with van der Waals surface area (Å²) in [5.74, 6) is 0.454. The molecule has 0 atom stereocenters. The van der Waals surface area contributed by atoms with E-state index >= 15 is 4.39 Å². The van der Waals surface area contributed by atoms with Crippen LogP contribution >= 0.6 is 0 Å². The van der Waals surface area contributed by atoms with Gasteiger partial charge in [0.05, 0.1) is 24.3 Å². The second-order valence-electron chi connectivity index (χ2n) is 9.39. The summed E-state index contributed by atoms with van der Waals surface area (Å²) in [6, 6.07) is 16.2. The zero-order valence-corrected chi connectivity index (χ0v) is 21.7. The van der Waals surface area contributed by atoms with Crippen LogP contribution in [0.4, 0.5) is 8.78 Å². The van der Waals surface area contributed by atoms with Crippen molar-refractivity contribution in [1.29, 1.82) is 0 Å². The third-order valence-electron chi connectivity index (χ3n) is 6.62. The molecule has 0 amide bonds. The Bertz CT molecular complexity index is 1200. The number of nitrogens with zero attached hydrogens (tertiary/aromatic N) is 1. The highest BCUT2D eigenvalue weighted by Crippen LogP contribution is 2.41. The summed E-state index contributed by atoms with van der Waals surface area (Å²) in [6.07, 6.45) is 0.648. The van der Waals surface area contributed by atoms with Gasteiger partial charge in [-0.05, 0) is 86.3 Å². The predicted molar refractivity (Wildman–Crippen MR) is 141 cm³/mol. The predicted octanol–water partition coefficient (Wildman–Crippen LogP) is 6.37. The molecule has 1 aliphatic heterocycles. The van der Waals surface area contributed by atoms with Gasteiger partial charge in [-0.25, -0.2) is 13.6 Å². The van der Waals surface area contributed by atoms with Gasteiger partial charge in [-0.2, -0.15) is 0 Å². The zero-order valence-electron chi connectivity index (χ0n) is 21.7. The molecule has 0 spiro atoms. The maximum atomic E-state index is 15.5. The Kier molecular flexibility index (Phi) is 8.84. The van der Waals surface area contributed by atoms with Crippen LogP contribution in [0.2, 0.25) is 0 Å². The lowest BCUT2D eigenvalue weighted by molar-refractivity contribution is 0.0152. The molecule has 1 fully saturated rings. The van der Waals surface area contributed by atoms with Gasteiger partial charge in [0.25, 0.3) is 0 Å². The largest absolute Gasteiger partial charge is 0.493 e. The smallest absolute Gasteiger partial charge is 0.335 e. The first-order valence-electron chi connectivity index (χ1n) is 12.9. The molecular formula is C30H33F2NO5. The molecule has 0 radical (unpaired) electrons. The van der Waals surface area contributed by atoms with Crippen LogP contribution in [0.3, 0.4) is 0 Å². The highest BCUT2D eigenvalue weighted by Gasteiger charge is 2.35. The lowest BCUT2D eigenvalue weighted by Crippen LogP contribution is -2.44. The van der Waals surface area contributed by atoms with Gasteiger partial charge in [0.2, 0.25) is 0 Å². The standard InChI is InChI=1S/C30H33F2NO5/c1-3-36-26-17-21(18-27(37-4-2)28(26)22-5-9-24(31)10-6-22)19-33-15-13-30(32,14-16-33)20-38-25-11-7-23(8-12-25)29(34)35/h5-12,17-18H,3-4,13-16,19-20H2,1-2H3,(H,34,35). The summed E-state index contributed by atoms with van der Waals surface area (Å²) in [7, 11) is 0. The highest BCUT2D eigenvalue weighted by molar-refractivity contribution is 5.87. The number of aromatic carboxylic acids is 1. The van der Waals surface area contributed by atoms with E-state index in [9.17, 15) is 9.18 Å². The number of piperidine rings is 1. The van der Waals surface area contributed by atoms with Gasteiger partial charge in [0, 0.05) is 19.6 Å². The van der Waals surface area contributed by atoms with Crippen molar-refractivity contribution < 1.29 is 32.9 Å². The molecule has 6 nitrogen and oxygen atoms in total. The van der Waals surface area contributed by atoms with Crippen LogP contribution in [0.15, 0.2) is 60.7 Å². The van der Waals surface area contributed by atoms with Crippen molar-refractivity contribution in [3.05, 3.63) is 77.6 Å². The number of rotatable bonds is 11. The minimum absolute atomic E-state index is 0.0808. The first kappa shape index (κ1) is 27.4. The SMILES string of the molecule is CCOc1cc(CN2CCC(F)(COc3ccc(C(=O)O)cc3)CC2)cc(OCC)c1-c1ccc(F)cc1. The monoisotopic (exact) mass is 525 g/mol. The van der Waals surface area contributed by atoms with Crippen LogP contribution in [-0.2, 0) is 6.54 Å². The van der Waals surface area contributed by atoms with E-state index in [-0.39, 0.29) is 18.0 Å². The van der Waals surface area contributed by atoms with Gasteiger partial charge in [0.1, 0.15) is 35.3 Å². The summed E-state index contributed by atoms with van der Waals surface area (Å²) >= 11 is 0. The number of benzene rings is 3. The van der Waals surface area contributed by atoms with Gasteiger partial charge in [-0.15, -0.1) is 0 Å². The molecule has 202 valence electrons. The van der Waals surface area contributed by atoms with Crippen molar-refractivity contribution in [1.82, 2.24) is 4.90 Å². The fourth-order valence-corrected chi connectivity index (χ4v) is 4.60. The maximum Gasteiger partial charge on any atom is 0.335 e. The highest BCUT2D eigenvalue weighted by atomic mass is 19.1. The van der Waals surface area contributed by atoms with E-state index in [2.05, 4.69) is 4.90 Å². The Morgan fingerprint density at radius 3 is 2.03 bits per heavy atom. The van der Waals surface area contributed by atoms with Crippen LogP contribution in [0, 0.1) is 5.82 Å². The number of hydrogen-bond acceptors (Lipinski definition) is 5. The molecule has 0 aromatic heterocycles. The van der Waals surface area contributed by atoms with Crippen LogP contribution in [0.1, 0.15) is 42.6 Å². The Morgan fingerprint density at radius 2 is 1.50 bits per heavy atom. The van der Waals surface area contributed by atoms with E-state index in [1.54, 1.807) is 24.3 Å². The molecule has 1 N–H and O–H groups in total. The van der Waals surface area contributed by atoms with Gasteiger partial charge in [0.15, 0.2) is 0 Å². The van der Waals surface area contributed by atoms with Crippen molar-refractivity contribution in [2.45, 2.75) is 38.9 Å². The summed E-state index contributed by atoms with van der Waals surface area (Å²) in [5.41, 5.74) is 1.28. The molecule has 38 heavy (non-hydrogen) atoms. The lowest BCUT2D eigenvalue weighted by atomic mass is 9.93. The first-order valence-corrected chi connectivity index (χ1v) is 12.9. The van der Waals surface area contributed by atoms with Crippen molar-refractivity contribution in [2.24, 2.45) is 0 Å². The Hall–Kier alpha value is -3.65. The van der Waals surface area contributed by atoms with Crippen LogP contribution < -0.4 is 14.2 Å². The van der Waals surface area contributed by atoms with E-state index in [1.165, 1.54) is 24.3 Å². The Balaban J connectivity index is 1.42. The average molecular weight is 526 g/mol. The molecule has 3 aromatic rings. The van der Waals surface area contributed by atoms with Crippen LogP contribution in [0.25, 0.3) is 11.1 Å². The van der Waals surface area contributed by atoms with Crippen molar-refractivity contribution in [2.75, 3.05) is 32.9 Å². The molecule has 8 heteroatoms. The van der Waals surface area contributed by atoms with E-state index in [0.717, 1.165) is 16.7 Å². The second-order valence-corrected chi connectivity index (χ2v) is 9.39. The fourth-order valence-electron chi connectivity index (χ4n) is 4.60. The molecule has 0 aliphatic carbocycles. The quantitative estimate of drug-likeness (QED) is 0.314. The summed E-state index contributed by atoms with van der Waals surface area (Å²) in [4.78, 5) is 13.2. The molecule has 1 saturated heterocycles. The Labute approximate surface area is 221 Å². The number of ether oxygens (including phenoxy) is 3. The zero-order chi connectivity index (χ0) is 27.1. The number of halogens is 2. The second kappa shape index (κ2) is 12.3. The normalized spacial score (nSPS) is 15.2. The number of carboxylic acid groups (broad SMARTS) is 1. The fraction of sp³-hybridized carbons (Fsp3) is 0.367. The molecule has 0 bridgehead atoms. The van der Waals surface area contributed by atoms with Crippen molar-refractivity contribution in [3.8, 4) is 28.4 Å². The average Bonchev–Trinajstić information content (AvgIpc) is 2.90. The van der Waals surface area contributed by atoms with Gasteiger partial charge < -0.3 is 19.3 Å². The number of hydrogen-bond donors (Lipinski definition) is 1. The summed E-state index contributed by atoms with van der Waals surface area (Å²) < 4.78 is 46.6. The maximum absolute atomic E-state index is 15.5. The van der Waals surface area contributed by atoms with Crippen LogP contribution in [0.5, 0.6) is 17.2 Å². The number of alkyl halides is 1. The van der Waals surface area contributed by atoms with Crippen molar-refractivity contribution in [3.63, 3.8) is 0 Å². The Morgan fingerprint density at radius 1 is 0.921 bits per heavy atom. The molecule has 1 aliphatic rings. The first-order chi connectivity index (χ1) is 18.3. The summed E-state index contributed by atoms with van der Waals surface area (Å²) in [5, 5.41) is 9.01. The minimum Gasteiger partial charge on any atom is -0.493 e. The minimum atomic E-state index is -1.46. The molecule has 0 unspecified atom stereocenters. The van der Waals surface area contributed by atoms with E-state index in [0.29, 0.717) is 62.9 Å². The number of likely N-dealkylation sites (tertiary alicyclic amines) is 1. The van der Waals surface area contributed by atoms with E-state index < -0.39 is 11.6 Å².